The van der Waals surface area contributed by atoms with Crippen molar-refractivity contribution in [1.82, 2.24) is 87.4 Å². The highest BCUT2D eigenvalue weighted by atomic mass is 32.2. The second-order valence-electron chi connectivity index (χ2n) is 34.4. The molecule has 6 aromatic carbocycles. The summed E-state index contributed by atoms with van der Waals surface area (Å²) >= 11 is 1.50. The van der Waals surface area contributed by atoms with E-state index in [1.807, 2.05) is 24.3 Å². The highest BCUT2D eigenvalue weighted by molar-refractivity contribution is 7.90. The zero-order valence-corrected chi connectivity index (χ0v) is 81.7. The van der Waals surface area contributed by atoms with Crippen LogP contribution in [0.2, 0.25) is 0 Å². The quantitative estimate of drug-likeness (QED) is 0.0279. The Morgan fingerprint density at radius 1 is 0.329 bits per heavy atom. The highest BCUT2D eigenvalue weighted by Crippen LogP contribution is 2.30. The molecule has 5 aliphatic rings. The molecule has 0 aliphatic carbocycles. The second-order valence-corrected chi connectivity index (χ2v) is 45.0. The Bertz CT molecular complexity index is 6530. The first-order valence-electron chi connectivity index (χ1n) is 46.5. The normalized spacial score (nSPS) is 15.6. The van der Waals surface area contributed by atoms with Gasteiger partial charge in [0, 0.05) is 175 Å². The number of carbonyl (C=O) groups excluding carboxylic acids is 5. The van der Waals surface area contributed by atoms with Crippen molar-refractivity contribution < 1.29 is 70.5 Å². The summed E-state index contributed by atoms with van der Waals surface area (Å²) < 4.78 is 143. The molecule has 20 rings (SSSR count). The lowest BCUT2D eigenvalue weighted by atomic mass is 10.2. The summed E-state index contributed by atoms with van der Waals surface area (Å²) in [7, 11) is -17.2. The summed E-state index contributed by atoms with van der Waals surface area (Å²) in [6.45, 7) is 7.40. The summed E-state index contributed by atoms with van der Waals surface area (Å²) in [5.74, 6) is -0.920. The first-order chi connectivity index (χ1) is 67.7. The summed E-state index contributed by atoms with van der Waals surface area (Å²) in [4.78, 5) is 89.8. The van der Waals surface area contributed by atoms with Crippen LogP contribution < -0.4 is 26.6 Å². The van der Waals surface area contributed by atoms with E-state index >= 15 is 0 Å². The Labute approximate surface area is 816 Å². The number of piperidine rings is 5. The van der Waals surface area contributed by atoms with Gasteiger partial charge in [-0.05, 0) is 219 Å². The number of hydrogen-bond acceptors (Lipinski definition) is 22. The molecular weight excluding hydrogens is 1900 g/mol. The standard InChI is InChI=1S/3C20H22N4O3S.C20H21N3O4S.C20H21N3O3S2/c25-20(17-6-9-19-21-10-13-23(19)15-17)22-14-16-4-7-18(8-5-16)28(26,27)24-11-2-1-3-12-24;25-20(19-12-16-14-21-9-8-18(16)23-19)22-13-15-4-6-17(7-5-15)28(26,27)24-10-2-1-3-11-24;25-20(18-12-16-8-9-21-14-19(16)23-18)22-13-15-4-6-17(7-5-15)28(26,27)24-10-2-1-3-11-24;24-20(19-12-16-14-21-9-8-18(16)27-19)22-13-15-4-6-17(7-5-15)28(25,26)23-10-2-1-3-11-23;24-20(16-6-9-18-19(12-16)27-14-22-18)21-13-15-4-7-17(8-5-15)28(25,26)23-10-2-1-3-11-23/h4-10,13,15H,1-3,11-12,14H2,(H,22,25);2*4-9,12,14,23H,1-3,10-11,13H2,(H,22,25);4-9,12,14H,1-3,10-11,13H2,(H,22,24);4-9,12,14H,1-3,10-11,13H2,(H,21,24). The van der Waals surface area contributed by atoms with E-state index < -0.39 is 50.1 Å². The predicted octanol–water partition coefficient (Wildman–Crippen LogP) is 14.1. The molecule has 14 heterocycles. The van der Waals surface area contributed by atoms with Gasteiger partial charge in [0.25, 0.3) is 29.5 Å². The van der Waals surface area contributed by atoms with Crippen LogP contribution in [0.3, 0.4) is 0 Å². The number of sulfonamides is 5. The summed E-state index contributed by atoms with van der Waals surface area (Å²) in [6, 6.07) is 53.0. The molecule has 15 aromatic rings. The molecule has 7 N–H and O–H groups in total. The topological polar surface area (TPSA) is 446 Å². The minimum atomic E-state index is -3.44. The fraction of sp³-hybridized carbons (Fsp3) is 0.300. The maximum Gasteiger partial charge on any atom is 0.287 e. The molecular formula is C100H108N18O16S6. The first-order valence-corrected chi connectivity index (χ1v) is 54.6. The van der Waals surface area contributed by atoms with E-state index in [9.17, 15) is 66.1 Å². The molecule has 5 amide bonds. The molecule has 730 valence electrons. The number of aromatic amines is 2. The van der Waals surface area contributed by atoms with Gasteiger partial charge >= 0.3 is 0 Å². The van der Waals surface area contributed by atoms with Crippen LogP contribution >= 0.6 is 11.3 Å². The number of nitrogens with one attached hydrogen (secondary N) is 7. The molecule has 0 atom stereocenters. The van der Waals surface area contributed by atoms with Gasteiger partial charge in [0.05, 0.1) is 57.5 Å². The van der Waals surface area contributed by atoms with Crippen LogP contribution in [0.15, 0.2) is 278 Å². The van der Waals surface area contributed by atoms with Crippen molar-refractivity contribution in [2.75, 3.05) is 65.4 Å². The third kappa shape index (κ3) is 25.0. The minimum Gasteiger partial charge on any atom is -0.451 e. The predicted molar refractivity (Wildman–Crippen MR) is 532 cm³/mol. The molecule has 5 aliphatic heterocycles. The number of imidazole rings is 1. The van der Waals surface area contributed by atoms with E-state index in [4.69, 9.17) is 4.42 Å². The molecule has 0 radical (unpaired) electrons. The zero-order valence-electron chi connectivity index (χ0n) is 76.8. The van der Waals surface area contributed by atoms with Gasteiger partial charge in [0.2, 0.25) is 50.1 Å². The van der Waals surface area contributed by atoms with Crippen molar-refractivity contribution in [2.45, 2.75) is 154 Å². The Hall–Kier alpha value is -13.1. The van der Waals surface area contributed by atoms with Crippen LogP contribution in [0.1, 0.15) is 176 Å². The van der Waals surface area contributed by atoms with E-state index in [1.165, 1.54) is 11.3 Å². The van der Waals surface area contributed by atoms with Crippen LogP contribution in [0.5, 0.6) is 0 Å². The number of thiazole rings is 1. The van der Waals surface area contributed by atoms with Gasteiger partial charge in [0.1, 0.15) is 22.6 Å². The number of benzene rings is 6. The lowest BCUT2D eigenvalue weighted by molar-refractivity contribution is 0.0921. The van der Waals surface area contributed by atoms with Crippen LogP contribution in [0.4, 0.5) is 0 Å². The molecule has 0 saturated carbocycles. The van der Waals surface area contributed by atoms with E-state index in [2.05, 4.69) is 61.5 Å². The van der Waals surface area contributed by atoms with Crippen molar-refractivity contribution in [3.63, 3.8) is 0 Å². The van der Waals surface area contributed by atoms with Crippen LogP contribution in [-0.4, -0.2) is 198 Å². The van der Waals surface area contributed by atoms with E-state index in [0.717, 1.165) is 167 Å². The van der Waals surface area contributed by atoms with Crippen LogP contribution in [0.25, 0.3) is 48.6 Å². The van der Waals surface area contributed by atoms with Crippen molar-refractivity contribution in [1.29, 1.82) is 0 Å². The Morgan fingerprint density at radius 2 is 0.686 bits per heavy atom. The number of pyridine rings is 4. The van der Waals surface area contributed by atoms with Crippen molar-refractivity contribution >= 4 is 140 Å². The third-order valence-corrected chi connectivity index (χ3v) is 35.1. The van der Waals surface area contributed by atoms with Gasteiger partial charge in [-0.1, -0.05) is 92.8 Å². The summed E-state index contributed by atoms with van der Waals surface area (Å²) in [5, 5.41) is 16.8. The molecule has 0 bridgehead atoms. The lowest BCUT2D eigenvalue weighted by Gasteiger charge is -2.25. The average molecular weight is 2010 g/mol. The number of aromatic nitrogens is 8. The van der Waals surface area contributed by atoms with Gasteiger partial charge in [-0.15, -0.1) is 11.3 Å². The SMILES string of the molecule is O=C(NCc1ccc(S(=O)(=O)N2CCCCC2)cc1)c1cc2ccncc2[nH]1.O=C(NCc1ccc(S(=O)(=O)N2CCCCC2)cc1)c1cc2cnccc2[nH]1.O=C(NCc1ccc(S(=O)(=O)N2CCCCC2)cc1)c1cc2cnccc2o1.O=C(NCc1ccc(S(=O)(=O)N2CCCCC2)cc1)c1ccc2nccn2c1.O=C(NCc1ccc(S(=O)(=O)N2CCCCC2)cc1)c1ccc2ncsc2c1. The Morgan fingerprint density at radius 3 is 1.09 bits per heavy atom. The summed E-state index contributed by atoms with van der Waals surface area (Å²) in [6.07, 6.45) is 29.6. The smallest absolute Gasteiger partial charge is 0.287 e. The molecule has 0 unspecified atom stereocenters. The van der Waals surface area contributed by atoms with Gasteiger partial charge in [0.15, 0.2) is 5.76 Å². The number of H-pyrrole nitrogens is 2. The van der Waals surface area contributed by atoms with Crippen molar-refractivity contribution in [2.24, 2.45) is 0 Å². The maximum atomic E-state index is 12.7. The molecule has 34 nitrogen and oxygen atoms in total. The fourth-order valence-electron chi connectivity index (χ4n) is 16.8. The first kappa shape index (κ1) is 99.9. The highest BCUT2D eigenvalue weighted by Gasteiger charge is 2.32. The molecule has 9 aromatic heterocycles. The van der Waals surface area contributed by atoms with E-state index in [-0.39, 0.29) is 46.7 Å². The van der Waals surface area contributed by atoms with E-state index in [1.54, 1.807) is 251 Å². The zero-order chi connectivity index (χ0) is 97.8. The Kier molecular flexibility index (Phi) is 32.7. The van der Waals surface area contributed by atoms with Gasteiger partial charge in [-0.2, -0.15) is 21.5 Å². The number of furan rings is 1. The van der Waals surface area contributed by atoms with Gasteiger partial charge < -0.3 is 45.4 Å². The second kappa shape index (κ2) is 45.9. The number of carbonyl (C=O) groups is 5. The molecule has 0 spiro atoms. The molecule has 40 heteroatoms. The number of amides is 5. The van der Waals surface area contributed by atoms with Crippen LogP contribution in [0, 0.1) is 0 Å². The van der Waals surface area contributed by atoms with Crippen LogP contribution in [-0.2, 0) is 82.8 Å². The maximum absolute atomic E-state index is 12.7. The van der Waals surface area contributed by atoms with E-state index in [0.29, 0.717) is 139 Å². The largest absolute Gasteiger partial charge is 0.451 e. The molecule has 5 saturated heterocycles. The van der Waals surface area contributed by atoms with Crippen molar-refractivity contribution in [3.05, 3.63) is 305 Å². The van der Waals surface area contributed by atoms with Crippen molar-refractivity contribution in [3.8, 4) is 0 Å². The Balaban J connectivity index is 0.000000126. The number of rotatable bonds is 25. The van der Waals surface area contributed by atoms with Gasteiger partial charge in [-0.3, -0.25) is 38.9 Å². The fourth-order valence-corrected chi connectivity index (χ4v) is 25.1. The molecule has 140 heavy (non-hydrogen) atoms. The minimum absolute atomic E-state index is 0.166. The van der Waals surface area contributed by atoms with Gasteiger partial charge in [-0.25, -0.2) is 52.1 Å². The lowest BCUT2D eigenvalue weighted by Crippen LogP contribution is -2.35. The number of hydrogen-bond donors (Lipinski definition) is 7. The monoisotopic (exact) mass is 2010 g/mol. The molecule has 5 fully saturated rings. The average Bonchev–Trinajstić information content (AvgIpc) is 1.43. The number of fused-ring (bicyclic) bond motifs is 5. The number of nitrogens with zero attached hydrogens (tertiary/aromatic N) is 11. The summed E-state index contributed by atoms with van der Waals surface area (Å²) in [5.41, 5.74) is 11.9. The third-order valence-electron chi connectivity index (χ3n) is 24.8.